The Kier molecular flexibility index (Phi) is 5.88. The number of anilines is 2. The number of carbonyl (C=O) groups is 1. The van der Waals surface area contributed by atoms with Crippen LogP contribution in [0.4, 0.5) is 16.2 Å². The highest BCUT2D eigenvalue weighted by Crippen LogP contribution is 2.56. The van der Waals surface area contributed by atoms with Crippen LogP contribution in [-0.4, -0.2) is 49.1 Å². The Morgan fingerprint density at radius 2 is 1.71 bits per heavy atom. The topological polar surface area (TPSA) is 62.8 Å². The lowest BCUT2D eigenvalue weighted by molar-refractivity contribution is -0.0178. The number of aryl methyl sites for hydroxylation is 1. The average Bonchev–Trinajstić information content (AvgIpc) is 2.56. The molecule has 1 aromatic carbocycles. The van der Waals surface area contributed by atoms with E-state index in [1.54, 1.807) is 0 Å². The number of morpholine rings is 1. The van der Waals surface area contributed by atoms with Crippen LogP contribution in [0, 0.1) is 12.3 Å². The minimum absolute atomic E-state index is 0.259. The number of amides is 1. The molecule has 172 valence electrons. The fourth-order valence-corrected chi connectivity index (χ4v) is 5.60. The van der Waals surface area contributed by atoms with Crippen molar-refractivity contribution in [3.05, 3.63) is 23.8 Å². The smallest absolute Gasteiger partial charge is 0.407 e. The second kappa shape index (κ2) is 8.19. The molecule has 2 saturated carbocycles. The molecule has 1 aromatic rings. The van der Waals surface area contributed by atoms with Gasteiger partial charge < -0.3 is 25.0 Å². The Hall–Kier alpha value is -1.95. The van der Waals surface area contributed by atoms with E-state index in [4.69, 9.17) is 9.47 Å². The van der Waals surface area contributed by atoms with E-state index in [9.17, 15) is 4.79 Å². The first-order valence-electron chi connectivity index (χ1n) is 11.8. The largest absolute Gasteiger partial charge is 0.444 e. The molecule has 4 rings (SSSR count). The molecule has 0 aromatic heterocycles. The lowest BCUT2D eigenvalue weighted by Crippen LogP contribution is -2.59. The predicted octanol–water partition coefficient (Wildman–Crippen LogP) is 4.86. The quantitative estimate of drug-likeness (QED) is 0.716. The van der Waals surface area contributed by atoms with Crippen molar-refractivity contribution < 1.29 is 14.3 Å². The summed E-state index contributed by atoms with van der Waals surface area (Å²) in [7, 11) is 0. The van der Waals surface area contributed by atoms with Crippen LogP contribution in [0.2, 0.25) is 0 Å². The molecule has 1 aliphatic heterocycles. The first kappa shape index (κ1) is 22.3. The zero-order valence-corrected chi connectivity index (χ0v) is 20.0. The van der Waals surface area contributed by atoms with Gasteiger partial charge in [0.05, 0.1) is 12.2 Å². The maximum Gasteiger partial charge on any atom is 0.407 e. The van der Waals surface area contributed by atoms with Gasteiger partial charge in [0.1, 0.15) is 5.60 Å². The normalized spacial score (nSPS) is 32.8. The van der Waals surface area contributed by atoms with Crippen LogP contribution >= 0.6 is 0 Å². The van der Waals surface area contributed by atoms with Crippen LogP contribution in [0.3, 0.4) is 0 Å². The molecule has 3 aliphatic rings. The maximum atomic E-state index is 11.9. The fourth-order valence-electron chi connectivity index (χ4n) is 5.60. The Morgan fingerprint density at radius 1 is 1.10 bits per heavy atom. The monoisotopic (exact) mass is 429 g/mol. The summed E-state index contributed by atoms with van der Waals surface area (Å²) in [6.45, 7) is 14.1. The number of nitrogens with zero attached hydrogens (tertiary/aromatic N) is 1. The SMILES string of the molecule is Cc1cc(N2CC(C)OC(C)C2)ccc1NC1CC2(CC(NC(=O)OC(C)(C)C)C2)C1. The third-order valence-corrected chi connectivity index (χ3v) is 6.79. The number of hydrogen-bond donors (Lipinski definition) is 2. The van der Waals surface area contributed by atoms with Gasteiger partial charge in [0, 0.05) is 36.5 Å². The molecule has 1 saturated heterocycles. The van der Waals surface area contributed by atoms with Crippen molar-refractivity contribution >= 4 is 17.5 Å². The third-order valence-electron chi connectivity index (χ3n) is 6.79. The second-order valence-electron chi connectivity index (χ2n) is 11.2. The van der Waals surface area contributed by atoms with Gasteiger partial charge in [0.25, 0.3) is 0 Å². The van der Waals surface area contributed by atoms with Crippen LogP contribution in [0.15, 0.2) is 18.2 Å². The number of carbonyl (C=O) groups excluding carboxylic acids is 1. The lowest BCUT2D eigenvalue weighted by atomic mass is 9.52. The predicted molar refractivity (Wildman–Crippen MR) is 125 cm³/mol. The third kappa shape index (κ3) is 5.28. The van der Waals surface area contributed by atoms with E-state index in [-0.39, 0.29) is 24.3 Å². The van der Waals surface area contributed by atoms with Gasteiger partial charge in [-0.2, -0.15) is 0 Å². The summed E-state index contributed by atoms with van der Waals surface area (Å²) in [5.74, 6) is 0. The molecule has 2 aliphatic carbocycles. The molecule has 2 N–H and O–H groups in total. The molecular formula is C25H39N3O3. The number of ether oxygens (including phenoxy) is 2. The zero-order chi connectivity index (χ0) is 22.4. The Balaban J connectivity index is 1.24. The maximum absolute atomic E-state index is 11.9. The Bertz CT molecular complexity index is 795. The van der Waals surface area contributed by atoms with Crippen LogP contribution in [-0.2, 0) is 9.47 Å². The minimum Gasteiger partial charge on any atom is -0.444 e. The summed E-state index contributed by atoms with van der Waals surface area (Å²) in [6, 6.07) is 7.55. The molecule has 3 fully saturated rings. The molecule has 0 bridgehead atoms. The Morgan fingerprint density at radius 3 is 2.29 bits per heavy atom. The number of alkyl carbamates (subject to hydrolysis) is 1. The Labute approximate surface area is 187 Å². The van der Waals surface area contributed by atoms with Crippen molar-refractivity contribution in [1.29, 1.82) is 0 Å². The van der Waals surface area contributed by atoms with E-state index in [1.165, 1.54) is 29.8 Å². The molecule has 0 radical (unpaired) electrons. The second-order valence-corrected chi connectivity index (χ2v) is 11.2. The van der Waals surface area contributed by atoms with Crippen LogP contribution in [0.1, 0.15) is 65.9 Å². The average molecular weight is 430 g/mol. The first-order chi connectivity index (χ1) is 14.5. The summed E-state index contributed by atoms with van der Waals surface area (Å²) in [5, 5.41) is 6.77. The van der Waals surface area contributed by atoms with Gasteiger partial charge in [0.2, 0.25) is 0 Å². The molecule has 6 nitrogen and oxygen atoms in total. The van der Waals surface area contributed by atoms with Crippen LogP contribution in [0.25, 0.3) is 0 Å². The van der Waals surface area contributed by atoms with Crippen molar-refractivity contribution in [3.8, 4) is 0 Å². The molecular weight excluding hydrogens is 390 g/mol. The van der Waals surface area contributed by atoms with Gasteiger partial charge in [-0.15, -0.1) is 0 Å². The highest BCUT2D eigenvalue weighted by Gasteiger charge is 2.53. The van der Waals surface area contributed by atoms with Crippen LogP contribution in [0.5, 0.6) is 0 Å². The summed E-state index contributed by atoms with van der Waals surface area (Å²) in [5.41, 5.74) is 3.78. The molecule has 2 atom stereocenters. The van der Waals surface area contributed by atoms with E-state index in [0.29, 0.717) is 11.5 Å². The van der Waals surface area contributed by atoms with Gasteiger partial charge in [-0.25, -0.2) is 4.79 Å². The van der Waals surface area contributed by atoms with Crippen LogP contribution < -0.4 is 15.5 Å². The van der Waals surface area contributed by atoms with Gasteiger partial charge in [-0.05, 0) is 96.4 Å². The minimum atomic E-state index is -0.442. The standard InChI is InChI=1S/C25H39N3O3/c1-16-9-21(28-14-17(2)30-18(3)15-28)7-8-22(16)26-19-10-25(11-19)12-20(13-25)27-23(29)31-24(4,5)6/h7-9,17-20,26H,10-15H2,1-6H3,(H,27,29). The van der Waals surface area contributed by atoms with Crippen molar-refractivity contribution in [2.75, 3.05) is 23.3 Å². The van der Waals surface area contributed by atoms with Crippen molar-refractivity contribution in [2.24, 2.45) is 5.41 Å². The number of hydrogen-bond acceptors (Lipinski definition) is 5. The van der Waals surface area contributed by atoms with Gasteiger partial charge in [-0.3, -0.25) is 0 Å². The van der Waals surface area contributed by atoms with Crippen molar-refractivity contribution in [2.45, 2.75) is 97.1 Å². The van der Waals surface area contributed by atoms with Gasteiger partial charge >= 0.3 is 6.09 Å². The fraction of sp³-hybridized carbons (Fsp3) is 0.720. The highest BCUT2D eigenvalue weighted by atomic mass is 16.6. The molecule has 1 heterocycles. The summed E-state index contributed by atoms with van der Waals surface area (Å²) >= 11 is 0. The number of benzene rings is 1. The number of rotatable bonds is 4. The summed E-state index contributed by atoms with van der Waals surface area (Å²) in [6.07, 6.45) is 4.73. The summed E-state index contributed by atoms with van der Waals surface area (Å²) in [4.78, 5) is 14.4. The molecule has 1 spiro atoms. The first-order valence-corrected chi connectivity index (χ1v) is 11.8. The van der Waals surface area contributed by atoms with E-state index in [2.05, 4.69) is 54.5 Å². The van der Waals surface area contributed by atoms with Crippen molar-refractivity contribution in [3.63, 3.8) is 0 Å². The molecule has 1 amide bonds. The van der Waals surface area contributed by atoms with E-state index in [1.807, 2.05) is 20.8 Å². The van der Waals surface area contributed by atoms with E-state index in [0.717, 1.165) is 25.9 Å². The highest BCUT2D eigenvalue weighted by molar-refractivity contribution is 5.68. The molecule has 2 unspecified atom stereocenters. The van der Waals surface area contributed by atoms with E-state index >= 15 is 0 Å². The summed E-state index contributed by atoms with van der Waals surface area (Å²) < 4.78 is 11.2. The molecule has 31 heavy (non-hydrogen) atoms. The molecule has 6 heteroatoms. The van der Waals surface area contributed by atoms with E-state index < -0.39 is 5.60 Å². The van der Waals surface area contributed by atoms with Gasteiger partial charge in [0.15, 0.2) is 0 Å². The van der Waals surface area contributed by atoms with Crippen molar-refractivity contribution in [1.82, 2.24) is 5.32 Å². The zero-order valence-electron chi connectivity index (χ0n) is 20.0. The number of nitrogens with one attached hydrogen (secondary N) is 2. The van der Waals surface area contributed by atoms with Gasteiger partial charge in [-0.1, -0.05) is 0 Å². The lowest BCUT2D eigenvalue weighted by Gasteiger charge is -2.58.